The molecule has 1 aromatic heterocycles. The van der Waals surface area contributed by atoms with Crippen LogP contribution in [0, 0.1) is 3.57 Å². The summed E-state index contributed by atoms with van der Waals surface area (Å²) < 4.78 is 4.94. The van der Waals surface area contributed by atoms with E-state index in [0.29, 0.717) is 3.57 Å². The topological polar surface area (TPSA) is 65.2 Å². The van der Waals surface area contributed by atoms with Crippen LogP contribution in [0.25, 0.3) is 0 Å². The Bertz CT molecular complexity index is 398. The van der Waals surface area contributed by atoms with Gasteiger partial charge in [-0.25, -0.2) is 9.78 Å². The Labute approximate surface area is 104 Å². The lowest BCUT2D eigenvalue weighted by Gasteiger charge is -2.07. The number of ether oxygens (including phenoxy) is 1. The third kappa shape index (κ3) is 2.04. The number of carbonyl (C=O) groups excluding carboxylic acids is 1. The number of pyridine rings is 1. The number of nitrogens with zero attached hydrogens (tertiary/aromatic N) is 1. The average Bonchev–Trinajstić information content (AvgIpc) is 2.19. The molecular formula is C7H5Cl2IN2O2. The van der Waals surface area contributed by atoms with Crippen molar-refractivity contribution in [1.82, 2.24) is 4.98 Å². The van der Waals surface area contributed by atoms with Crippen molar-refractivity contribution in [1.29, 1.82) is 0 Å². The van der Waals surface area contributed by atoms with E-state index < -0.39 is 5.97 Å². The van der Waals surface area contributed by atoms with E-state index in [-0.39, 0.29) is 21.6 Å². The number of halogens is 3. The highest BCUT2D eigenvalue weighted by molar-refractivity contribution is 14.1. The Morgan fingerprint density at radius 2 is 2.14 bits per heavy atom. The third-order valence-corrected chi connectivity index (χ3v) is 3.30. The SMILES string of the molecule is COC(=O)c1nc(Cl)c(Cl)c(N)c1I. The number of nitrogen functional groups attached to an aromatic ring is 1. The Morgan fingerprint density at radius 3 is 2.64 bits per heavy atom. The lowest BCUT2D eigenvalue weighted by atomic mass is 10.3. The number of hydrogen-bond acceptors (Lipinski definition) is 4. The lowest BCUT2D eigenvalue weighted by molar-refractivity contribution is 0.0593. The van der Waals surface area contributed by atoms with Gasteiger partial charge in [0.2, 0.25) is 0 Å². The summed E-state index contributed by atoms with van der Waals surface area (Å²) in [7, 11) is 1.25. The van der Waals surface area contributed by atoms with Crippen LogP contribution in [-0.4, -0.2) is 18.1 Å². The van der Waals surface area contributed by atoms with Gasteiger partial charge >= 0.3 is 5.97 Å². The minimum atomic E-state index is -0.598. The Morgan fingerprint density at radius 1 is 1.57 bits per heavy atom. The zero-order chi connectivity index (χ0) is 10.9. The molecule has 2 N–H and O–H groups in total. The number of hydrogen-bond donors (Lipinski definition) is 1. The number of anilines is 1. The first kappa shape index (κ1) is 11.8. The van der Waals surface area contributed by atoms with Crippen molar-refractivity contribution >= 4 is 57.4 Å². The highest BCUT2D eigenvalue weighted by Gasteiger charge is 2.19. The number of rotatable bonds is 1. The van der Waals surface area contributed by atoms with Crippen molar-refractivity contribution in [2.24, 2.45) is 0 Å². The van der Waals surface area contributed by atoms with Crippen LogP contribution in [0.1, 0.15) is 10.5 Å². The van der Waals surface area contributed by atoms with Crippen molar-refractivity contribution in [2.75, 3.05) is 12.8 Å². The molecule has 7 heteroatoms. The minimum Gasteiger partial charge on any atom is -0.464 e. The van der Waals surface area contributed by atoms with E-state index in [1.165, 1.54) is 7.11 Å². The molecule has 4 nitrogen and oxygen atoms in total. The fraction of sp³-hybridized carbons (Fsp3) is 0.143. The van der Waals surface area contributed by atoms with E-state index in [9.17, 15) is 4.79 Å². The second-order valence-electron chi connectivity index (χ2n) is 2.28. The molecule has 0 aliphatic heterocycles. The predicted molar refractivity (Wildman–Crippen MR) is 62.7 cm³/mol. The summed E-state index contributed by atoms with van der Waals surface area (Å²) in [4.78, 5) is 15.0. The van der Waals surface area contributed by atoms with Crippen LogP contribution in [0.5, 0.6) is 0 Å². The van der Waals surface area contributed by atoms with Gasteiger partial charge in [0.15, 0.2) is 10.8 Å². The van der Waals surface area contributed by atoms with Crippen LogP contribution in [-0.2, 0) is 4.74 Å². The average molecular weight is 347 g/mol. The zero-order valence-corrected chi connectivity index (χ0v) is 10.6. The molecule has 0 unspecified atom stereocenters. The van der Waals surface area contributed by atoms with Gasteiger partial charge in [-0.2, -0.15) is 0 Å². The molecule has 0 radical (unpaired) electrons. The molecule has 14 heavy (non-hydrogen) atoms. The van der Waals surface area contributed by atoms with E-state index in [4.69, 9.17) is 28.9 Å². The van der Waals surface area contributed by atoms with E-state index in [2.05, 4.69) is 9.72 Å². The number of methoxy groups -OCH3 is 1. The van der Waals surface area contributed by atoms with Crippen LogP contribution >= 0.6 is 45.8 Å². The molecule has 0 saturated carbocycles. The van der Waals surface area contributed by atoms with Gasteiger partial charge in [0.05, 0.1) is 16.4 Å². The second kappa shape index (κ2) is 4.50. The first-order chi connectivity index (χ1) is 6.49. The molecule has 0 atom stereocenters. The molecule has 76 valence electrons. The molecule has 1 aromatic rings. The van der Waals surface area contributed by atoms with Crippen LogP contribution in [0.4, 0.5) is 5.69 Å². The first-order valence-corrected chi connectivity index (χ1v) is 5.20. The maximum atomic E-state index is 11.2. The molecule has 1 heterocycles. The van der Waals surface area contributed by atoms with Crippen LogP contribution in [0.2, 0.25) is 10.2 Å². The molecule has 0 spiro atoms. The number of aromatic nitrogens is 1. The van der Waals surface area contributed by atoms with Crippen molar-refractivity contribution < 1.29 is 9.53 Å². The molecule has 0 amide bonds. The van der Waals surface area contributed by atoms with E-state index in [1.54, 1.807) is 0 Å². The molecule has 1 rings (SSSR count). The Kier molecular flexibility index (Phi) is 3.79. The highest BCUT2D eigenvalue weighted by atomic mass is 127. The van der Waals surface area contributed by atoms with Crippen LogP contribution in [0.3, 0.4) is 0 Å². The molecule has 0 aliphatic carbocycles. The van der Waals surface area contributed by atoms with Crippen molar-refractivity contribution in [2.45, 2.75) is 0 Å². The monoisotopic (exact) mass is 346 g/mol. The summed E-state index contributed by atoms with van der Waals surface area (Å²) >= 11 is 13.2. The quantitative estimate of drug-likeness (QED) is 0.481. The Hall–Kier alpha value is -0.270. The van der Waals surface area contributed by atoms with Crippen molar-refractivity contribution in [3.05, 3.63) is 19.4 Å². The van der Waals surface area contributed by atoms with E-state index in [1.807, 2.05) is 22.6 Å². The van der Waals surface area contributed by atoms with Gasteiger partial charge in [-0.15, -0.1) is 0 Å². The van der Waals surface area contributed by atoms with Gasteiger partial charge in [-0.1, -0.05) is 23.2 Å². The summed E-state index contributed by atoms with van der Waals surface area (Å²) in [5.74, 6) is -0.598. The Balaban J connectivity index is 3.40. The van der Waals surface area contributed by atoms with Gasteiger partial charge in [0.1, 0.15) is 5.02 Å². The van der Waals surface area contributed by atoms with Gasteiger partial charge in [0.25, 0.3) is 0 Å². The summed E-state index contributed by atoms with van der Waals surface area (Å²) in [5.41, 5.74) is 5.90. The highest BCUT2D eigenvalue weighted by Crippen LogP contribution is 2.32. The number of nitrogens with two attached hydrogens (primary N) is 1. The number of carbonyl (C=O) groups is 1. The van der Waals surface area contributed by atoms with Gasteiger partial charge in [-0.3, -0.25) is 0 Å². The normalized spacial score (nSPS) is 10.0. The molecule has 0 aliphatic rings. The van der Waals surface area contributed by atoms with Crippen molar-refractivity contribution in [3.8, 4) is 0 Å². The maximum Gasteiger partial charge on any atom is 0.357 e. The third-order valence-electron chi connectivity index (χ3n) is 1.45. The summed E-state index contributed by atoms with van der Waals surface area (Å²) in [6.07, 6.45) is 0. The fourth-order valence-electron chi connectivity index (χ4n) is 0.763. The van der Waals surface area contributed by atoms with Gasteiger partial charge < -0.3 is 10.5 Å². The summed E-state index contributed by atoms with van der Waals surface area (Å²) in [6.45, 7) is 0. The lowest BCUT2D eigenvalue weighted by Crippen LogP contribution is -2.09. The number of esters is 1. The smallest absolute Gasteiger partial charge is 0.357 e. The van der Waals surface area contributed by atoms with Crippen molar-refractivity contribution in [3.63, 3.8) is 0 Å². The molecule has 0 saturated heterocycles. The molecule has 0 bridgehead atoms. The molecule has 0 fully saturated rings. The second-order valence-corrected chi connectivity index (χ2v) is 4.10. The zero-order valence-electron chi connectivity index (χ0n) is 6.97. The first-order valence-electron chi connectivity index (χ1n) is 3.37. The standard InChI is InChI=1S/C7H5Cl2IN2O2/c1-14-7(13)5-3(10)4(11)2(8)6(9)12-5/h1H3,(H2,11,12). The van der Waals surface area contributed by atoms with Gasteiger partial charge in [0, 0.05) is 0 Å². The molecular weight excluding hydrogens is 342 g/mol. The summed E-state index contributed by atoms with van der Waals surface area (Å²) in [5, 5.41) is 0.133. The van der Waals surface area contributed by atoms with E-state index >= 15 is 0 Å². The van der Waals surface area contributed by atoms with Gasteiger partial charge in [-0.05, 0) is 22.6 Å². The van der Waals surface area contributed by atoms with Crippen LogP contribution in [0.15, 0.2) is 0 Å². The van der Waals surface area contributed by atoms with E-state index in [0.717, 1.165) is 0 Å². The minimum absolute atomic E-state index is 0.00928. The van der Waals surface area contributed by atoms with Crippen LogP contribution < -0.4 is 5.73 Å². The predicted octanol–water partition coefficient (Wildman–Crippen LogP) is 2.36. The largest absolute Gasteiger partial charge is 0.464 e. The molecule has 0 aromatic carbocycles. The summed E-state index contributed by atoms with van der Waals surface area (Å²) in [6, 6.07) is 0. The maximum absolute atomic E-state index is 11.2. The fourth-order valence-corrected chi connectivity index (χ4v) is 1.86.